The molecule has 1 heterocycles. The van der Waals surface area contributed by atoms with Crippen LogP contribution in [0.15, 0.2) is 0 Å². The monoisotopic (exact) mass is 195 g/mol. The SMILES string of the molecule is CC1(C2CCCCCC2)CC(=O)CN1. The van der Waals surface area contributed by atoms with Crippen molar-refractivity contribution in [3.8, 4) is 0 Å². The van der Waals surface area contributed by atoms with Crippen LogP contribution in [-0.2, 0) is 4.79 Å². The van der Waals surface area contributed by atoms with Gasteiger partial charge in [-0.1, -0.05) is 25.7 Å². The van der Waals surface area contributed by atoms with E-state index in [2.05, 4.69) is 12.2 Å². The fraction of sp³-hybridized carbons (Fsp3) is 0.917. The number of hydrogen-bond donors (Lipinski definition) is 1. The second-order valence-corrected chi connectivity index (χ2v) is 5.17. The highest BCUT2D eigenvalue weighted by Gasteiger charge is 2.39. The van der Waals surface area contributed by atoms with Crippen molar-refractivity contribution in [3.63, 3.8) is 0 Å². The van der Waals surface area contributed by atoms with Gasteiger partial charge in [0, 0.05) is 12.0 Å². The summed E-state index contributed by atoms with van der Waals surface area (Å²) in [4.78, 5) is 11.3. The molecular weight excluding hydrogens is 174 g/mol. The number of carbonyl (C=O) groups excluding carboxylic acids is 1. The van der Waals surface area contributed by atoms with Gasteiger partial charge < -0.3 is 5.32 Å². The molecule has 14 heavy (non-hydrogen) atoms. The number of rotatable bonds is 1. The van der Waals surface area contributed by atoms with Gasteiger partial charge >= 0.3 is 0 Å². The van der Waals surface area contributed by atoms with Crippen molar-refractivity contribution < 1.29 is 4.79 Å². The van der Waals surface area contributed by atoms with Crippen LogP contribution in [0.4, 0.5) is 0 Å². The minimum absolute atomic E-state index is 0.126. The zero-order valence-electron chi connectivity index (χ0n) is 9.14. The largest absolute Gasteiger partial charge is 0.304 e. The van der Waals surface area contributed by atoms with Crippen LogP contribution < -0.4 is 5.32 Å². The Bertz CT molecular complexity index is 218. The second-order valence-electron chi connectivity index (χ2n) is 5.17. The van der Waals surface area contributed by atoms with Crippen LogP contribution in [0.25, 0.3) is 0 Å². The summed E-state index contributed by atoms with van der Waals surface area (Å²) in [5.74, 6) is 1.13. The summed E-state index contributed by atoms with van der Waals surface area (Å²) in [5, 5.41) is 3.43. The Balaban J connectivity index is 2.01. The molecule has 1 saturated carbocycles. The quantitative estimate of drug-likeness (QED) is 0.650. The molecule has 1 N–H and O–H groups in total. The summed E-state index contributed by atoms with van der Waals surface area (Å²) in [6.07, 6.45) is 8.89. The first-order valence-corrected chi connectivity index (χ1v) is 5.97. The standard InChI is InChI=1S/C12H21NO/c1-12(8-11(14)9-13-12)10-6-4-2-3-5-7-10/h10,13H,2-9H2,1H3. The van der Waals surface area contributed by atoms with Crippen molar-refractivity contribution in [1.29, 1.82) is 0 Å². The topological polar surface area (TPSA) is 29.1 Å². The van der Waals surface area contributed by atoms with Crippen LogP contribution in [0.3, 0.4) is 0 Å². The van der Waals surface area contributed by atoms with Gasteiger partial charge in [-0.2, -0.15) is 0 Å². The van der Waals surface area contributed by atoms with Gasteiger partial charge in [0.15, 0.2) is 0 Å². The van der Waals surface area contributed by atoms with E-state index in [1.807, 2.05) is 0 Å². The molecule has 0 aromatic heterocycles. The van der Waals surface area contributed by atoms with Crippen molar-refractivity contribution in [1.82, 2.24) is 5.32 Å². The molecule has 2 aliphatic rings. The molecule has 2 rings (SSSR count). The first kappa shape index (κ1) is 10.2. The third kappa shape index (κ3) is 2.00. The third-order valence-corrected chi connectivity index (χ3v) is 4.01. The van der Waals surface area contributed by atoms with Crippen LogP contribution in [0.1, 0.15) is 51.9 Å². The normalized spacial score (nSPS) is 35.9. The third-order valence-electron chi connectivity index (χ3n) is 4.01. The average Bonchev–Trinajstić information content (AvgIpc) is 2.45. The van der Waals surface area contributed by atoms with Crippen molar-refractivity contribution in [2.24, 2.45) is 5.92 Å². The Morgan fingerprint density at radius 2 is 1.86 bits per heavy atom. The average molecular weight is 195 g/mol. The van der Waals surface area contributed by atoms with E-state index in [1.165, 1.54) is 38.5 Å². The molecule has 1 aliphatic heterocycles. The molecule has 1 saturated heterocycles. The van der Waals surface area contributed by atoms with E-state index >= 15 is 0 Å². The number of carbonyl (C=O) groups is 1. The smallest absolute Gasteiger partial charge is 0.148 e. The molecule has 2 nitrogen and oxygen atoms in total. The zero-order valence-corrected chi connectivity index (χ0v) is 9.14. The van der Waals surface area contributed by atoms with Gasteiger partial charge in [0.05, 0.1) is 6.54 Å². The maximum absolute atomic E-state index is 11.3. The van der Waals surface area contributed by atoms with Gasteiger partial charge in [0.25, 0.3) is 0 Å². The van der Waals surface area contributed by atoms with E-state index in [0.29, 0.717) is 12.3 Å². The fourth-order valence-corrected chi connectivity index (χ4v) is 3.04. The van der Waals surface area contributed by atoms with Crippen LogP contribution in [0, 0.1) is 5.92 Å². The van der Waals surface area contributed by atoms with Crippen molar-refractivity contribution in [3.05, 3.63) is 0 Å². The summed E-state index contributed by atoms with van der Waals surface area (Å²) in [6, 6.07) is 0. The lowest BCUT2D eigenvalue weighted by atomic mass is 9.79. The van der Waals surface area contributed by atoms with Crippen molar-refractivity contribution >= 4 is 5.78 Å². The predicted octanol–water partition coefficient (Wildman–Crippen LogP) is 2.28. The predicted molar refractivity (Wildman–Crippen MR) is 57.2 cm³/mol. The lowest BCUT2D eigenvalue weighted by Crippen LogP contribution is -2.43. The maximum atomic E-state index is 11.3. The molecule has 0 bridgehead atoms. The molecule has 0 aromatic rings. The minimum Gasteiger partial charge on any atom is -0.304 e. The molecule has 1 atom stereocenters. The molecule has 2 fully saturated rings. The zero-order chi connectivity index (χ0) is 10.0. The van der Waals surface area contributed by atoms with E-state index in [4.69, 9.17) is 0 Å². The Labute approximate surface area is 86.5 Å². The van der Waals surface area contributed by atoms with Gasteiger partial charge in [-0.3, -0.25) is 4.79 Å². The number of ketones is 1. The Morgan fingerprint density at radius 1 is 1.21 bits per heavy atom. The van der Waals surface area contributed by atoms with Gasteiger partial charge in [-0.25, -0.2) is 0 Å². The van der Waals surface area contributed by atoms with Crippen LogP contribution >= 0.6 is 0 Å². The number of nitrogens with one attached hydrogen (secondary N) is 1. The van der Waals surface area contributed by atoms with Crippen LogP contribution in [0.5, 0.6) is 0 Å². The van der Waals surface area contributed by atoms with Gasteiger partial charge in [-0.15, -0.1) is 0 Å². The Morgan fingerprint density at radius 3 is 2.36 bits per heavy atom. The van der Waals surface area contributed by atoms with E-state index in [0.717, 1.165) is 12.3 Å². The van der Waals surface area contributed by atoms with Crippen LogP contribution in [0.2, 0.25) is 0 Å². The van der Waals surface area contributed by atoms with Crippen molar-refractivity contribution in [2.75, 3.05) is 6.54 Å². The summed E-state index contributed by atoms with van der Waals surface area (Å²) in [6.45, 7) is 2.85. The van der Waals surface area contributed by atoms with E-state index in [-0.39, 0.29) is 5.54 Å². The molecule has 0 aromatic carbocycles. The first-order chi connectivity index (χ1) is 6.71. The summed E-state index contributed by atoms with van der Waals surface area (Å²) in [5.41, 5.74) is 0.126. The van der Waals surface area contributed by atoms with Gasteiger partial charge in [0.1, 0.15) is 5.78 Å². The number of Topliss-reactive ketones (excluding diaryl/α,β-unsaturated/α-hetero) is 1. The number of hydrogen-bond acceptors (Lipinski definition) is 2. The summed E-state index contributed by atoms with van der Waals surface area (Å²) >= 11 is 0. The Hall–Kier alpha value is -0.370. The molecule has 0 amide bonds. The molecule has 0 radical (unpaired) electrons. The maximum Gasteiger partial charge on any atom is 0.148 e. The molecule has 1 aliphatic carbocycles. The van der Waals surface area contributed by atoms with Crippen molar-refractivity contribution in [2.45, 2.75) is 57.4 Å². The fourth-order valence-electron chi connectivity index (χ4n) is 3.04. The highest BCUT2D eigenvalue weighted by Crippen LogP contribution is 2.35. The van der Waals surface area contributed by atoms with E-state index in [1.54, 1.807) is 0 Å². The first-order valence-electron chi connectivity index (χ1n) is 5.97. The Kier molecular flexibility index (Phi) is 2.91. The second kappa shape index (κ2) is 4.01. The molecule has 80 valence electrons. The highest BCUT2D eigenvalue weighted by molar-refractivity contribution is 5.84. The van der Waals surface area contributed by atoms with Gasteiger partial charge in [0.2, 0.25) is 0 Å². The lowest BCUT2D eigenvalue weighted by Gasteiger charge is -2.33. The molecular formula is C12H21NO. The molecule has 0 spiro atoms. The van der Waals surface area contributed by atoms with Crippen LogP contribution in [-0.4, -0.2) is 17.9 Å². The van der Waals surface area contributed by atoms with E-state index < -0.39 is 0 Å². The lowest BCUT2D eigenvalue weighted by molar-refractivity contribution is -0.116. The molecule has 1 unspecified atom stereocenters. The van der Waals surface area contributed by atoms with Gasteiger partial charge in [-0.05, 0) is 25.7 Å². The highest BCUT2D eigenvalue weighted by atomic mass is 16.1. The minimum atomic E-state index is 0.126. The van der Waals surface area contributed by atoms with E-state index in [9.17, 15) is 4.79 Å². The summed E-state index contributed by atoms with van der Waals surface area (Å²) in [7, 11) is 0. The molecule has 2 heteroatoms. The summed E-state index contributed by atoms with van der Waals surface area (Å²) < 4.78 is 0.